The first-order valence-electron chi connectivity index (χ1n) is 9.87. The number of rotatable bonds is 4. The topological polar surface area (TPSA) is 105 Å². The molecule has 6 nitrogen and oxygen atoms in total. The SMILES string of the molecule is COc1cc(/C=C/C2=Cc3c(sc4[nH]c(=O)c(C(C)=O)c(N)c34)C(C)(C)C2)ccc1O. The number of ketones is 1. The summed E-state index contributed by atoms with van der Waals surface area (Å²) in [6, 6.07) is 5.19. The van der Waals surface area contributed by atoms with Gasteiger partial charge in [-0.25, -0.2) is 0 Å². The van der Waals surface area contributed by atoms with Crippen molar-refractivity contribution in [1.82, 2.24) is 4.98 Å². The van der Waals surface area contributed by atoms with Gasteiger partial charge in [-0.15, -0.1) is 11.3 Å². The molecular formula is C24H24N2O4S. The summed E-state index contributed by atoms with van der Waals surface area (Å²) in [5, 5.41) is 10.5. The molecule has 0 bridgehead atoms. The molecule has 0 saturated carbocycles. The van der Waals surface area contributed by atoms with Crippen LogP contribution in [0.25, 0.3) is 22.4 Å². The highest BCUT2D eigenvalue weighted by molar-refractivity contribution is 7.19. The Morgan fingerprint density at radius 2 is 2.06 bits per heavy atom. The van der Waals surface area contributed by atoms with Crippen molar-refractivity contribution in [3.8, 4) is 11.5 Å². The highest BCUT2D eigenvalue weighted by Gasteiger charge is 2.33. The van der Waals surface area contributed by atoms with Crippen molar-refractivity contribution in [3.63, 3.8) is 0 Å². The van der Waals surface area contributed by atoms with Crippen molar-refractivity contribution in [2.45, 2.75) is 32.6 Å². The molecular weight excluding hydrogens is 412 g/mol. The predicted octanol–water partition coefficient (Wildman–Crippen LogP) is 4.87. The predicted molar refractivity (Wildman–Crippen MR) is 126 cm³/mol. The fourth-order valence-corrected chi connectivity index (χ4v) is 5.43. The number of phenolic OH excluding ortho intramolecular Hbond substituents is 1. The Balaban J connectivity index is 1.85. The molecule has 4 N–H and O–H groups in total. The Morgan fingerprint density at radius 3 is 2.74 bits per heavy atom. The van der Waals surface area contributed by atoms with Gasteiger partial charge in [0.1, 0.15) is 10.4 Å². The van der Waals surface area contributed by atoms with Crippen LogP contribution in [0.4, 0.5) is 5.69 Å². The van der Waals surface area contributed by atoms with E-state index in [0.29, 0.717) is 10.6 Å². The van der Waals surface area contributed by atoms with Gasteiger partial charge in [0, 0.05) is 21.2 Å². The number of pyridine rings is 1. The maximum atomic E-state index is 12.4. The quantitative estimate of drug-likeness (QED) is 0.506. The average molecular weight is 437 g/mol. The van der Waals surface area contributed by atoms with E-state index in [1.165, 1.54) is 25.4 Å². The molecule has 31 heavy (non-hydrogen) atoms. The van der Waals surface area contributed by atoms with Crippen molar-refractivity contribution >= 4 is 45.2 Å². The van der Waals surface area contributed by atoms with Crippen molar-refractivity contribution in [2.24, 2.45) is 0 Å². The molecule has 160 valence electrons. The molecule has 0 fully saturated rings. The largest absolute Gasteiger partial charge is 0.504 e. The highest BCUT2D eigenvalue weighted by Crippen LogP contribution is 2.47. The molecule has 1 aliphatic carbocycles. The number of benzene rings is 1. The Kier molecular flexibility index (Phi) is 5.01. The van der Waals surface area contributed by atoms with Gasteiger partial charge >= 0.3 is 0 Å². The second kappa shape index (κ2) is 7.42. The number of carbonyl (C=O) groups is 1. The first-order chi connectivity index (χ1) is 14.6. The molecule has 2 aromatic heterocycles. The number of hydrogen-bond donors (Lipinski definition) is 3. The van der Waals surface area contributed by atoms with Gasteiger partial charge in [-0.05, 0) is 42.7 Å². The van der Waals surface area contributed by atoms with Gasteiger partial charge in [0.05, 0.1) is 12.8 Å². The molecule has 2 heterocycles. The summed E-state index contributed by atoms with van der Waals surface area (Å²) in [6.45, 7) is 5.67. The Morgan fingerprint density at radius 1 is 1.32 bits per heavy atom. The maximum Gasteiger partial charge on any atom is 0.262 e. The lowest BCUT2D eigenvalue weighted by atomic mass is 9.77. The van der Waals surface area contributed by atoms with Crippen LogP contribution in [-0.4, -0.2) is 23.0 Å². The number of nitrogen functional groups attached to an aromatic ring is 1. The van der Waals surface area contributed by atoms with E-state index in [1.807, 2.05) is 18.2 Å². The number of ether oxygens (including phenoxy) is 1. The first kappa shape index (κ1) is 20.9. The van der Waals surface area contributed by atoms with E-state index >= 15 is 0 Å². The number of H-pyrrole nitrogens is 1. The van der Waals surface area contributed by atoms with Gasteiger partial charge in [0.25, 0.3) is 5.56 Å². The van der Waals surface area contributed by atoms with Crippen molar-refractivity contribution in [2.75, 3.05) is 12.8 Å². The third-order valence-electron chi connectivity index (χ3n) is 5.57. The van der Waals surface area contributed by atoms with E-state index in [4.69, 9.17) is 10.5 Å². The molecule has 0 amide bonds. The molecule has 0 aliphatic heterocycles. The molecule has 4 rings (SSSR count). The zero-order valence-corrected chi connectivity index (χ0v) is 18.6. The molecule has 0 radical (unpaired) electrons. The van der Waals surface area contributed by atoms with E-state index in [0.717, 1.165) is 33.4 Å². The number of aromatic amines is 1. The van der Waals surface area contributed by atoms with Crippen LogP contribution < -0.4 is 16.0 Å². The number of nitrogens with one attached hydrogen (secondary N) is 1. The lowest BCUT2D eigenvalue weighted by Gasteiger charge is -2.29. The number of thiophene rings is 1. The lowest BCUT2D eigenvalue weighted by molar-refractivity contribution is 0.101. The van der Waals surface area contributed by atoms with Crippen LogP contribution in [0.5, 0.6) is 11.5 Å². The van der Waals surface area contributed by atoms with Crippen molar-refractivity contribution < 1.29 is 14.6 Å². The maximum absolute atomic E-state index is 12.4. The minimum Gasteiger partial charge on any atom is -0.504 e. The summed E-state index contributed by atoms with van der Waals surface area (Å²) >= 11 is 1.52. The van der Waals surface area contributed by atoms with Gasteiger partial charge in [0.2, 0.25) is 0 Å². The fraction of sp³-hybridized carbons (Fsp3) is 0.250. The summed E-state index contributed by atoms with van der Waals surface area (Å²) in [7, 11) is 1.52. The van der Waals surface area contributed by atoms with Crippen LogP contribution in [0.1, 0.15) is 53.6 Å². The monoisotopic (exact) mass is 436 g/mol. The minimum atomic E-state index is -0.445. The van der Waals surface area contributed by atoms with Crippen LogP contribution in [0.15, 0.2) is 34.6 Å². The number of allylic oxidation sites excluding steroid dienone is 2. The molecule has 1 aliphatic rings. The number of methoxy groups -OCH3 is 1. The summed E-state index contributed by atoms with van der Waals surface area (Å²) in [6.07, 6.45) is 6.89. The number of fused-ring (bicyclic) bond motifs is 3. The molecule has 0 saturated heterocycles. The Labute approximate surface area is 183 Å². The smallest absolute Gasteiger partial charge is 0.262 e. The standard InChI is InChI=1S/C24H24N2O4S/c1-12(27)18-20(25)19-15-9-14(6-5-13-7-8-16(28)17(10-13)30-4)11-24(2,3)21(15)31-23(19)26-22(18)29/h5-10,28H,11H2,1-4H3,(H3,25,26,29)/b6-5+. The number of phenols is 1. The third-order valence-corrected chi connectivity index (χ3v) is 7.06. The van der Waals surface area contributed by atoms with E-state index in [2.05, 4.69) is 24.9 Å². The van der Waals surface area contributed by atoms with Gasteiger partial charge < -0.3 is 20.6 Å². The van der Waals surface area contributed by atoms with Gasteiger partial charge in [-0.1, -0.05) is 32.1 Å². The summed E-state index contributed by atoms with van der Waals surface area (Å²) < 4.78 is 5.18. The lowest BCUT2D eigenvalue weighted by Crippen LogP contribution is -2.20. The molecule has 3 aromatic rings. The number of hydrogen-bond acceptors (Lipinski definition) is 6. The molecule has 1 aromatic carbocycles. The van der Waals surface area contributed by atoms with E-state index in [1.54, 1.807) is 12.1 Å². The number of aromatic nitrogens is 1. The van der Waals surface area contributed by atoms with Gasteiger partial charge in [-0.3, -0.25) is 9.59 Å². The molecule has 0 atom stereocenters. The average Bonchev–Trinajstić information content (AvgIpc) is 3.06. The molecule has 7 heteroatoms. The first-order valence-corrected chi connectivity index (χ1v) is 10.7. The summed E-state index contributed by atoms with van der Waals surface area (Å²) in [5.41, 5.74) is 8.91. The van der Waals surface area contributed by atoms with Crippen LogP contribution in [-0.2, 0) is 5.41 Å². The third kappa shape index (κ3) is 3.55. The Bertz CT molecular complexity index is 1340. The normalized spacial score (nSPS) is 15.2. The van der Waals surface area contributed by atoms with Gasteiger partial charge in [-0.2, -0.15) is 0 Å². The van der Waals surface area contributed by atoms with Crippen molar-refractivity contribution in [3.05, 3.63) is 61.8 Å². The molecule has 0 unspecified atom stereocenters. The Hall–Kier alpha value is -3.32. The van der Waals surface area contributed by atoms with E-state index in [-0.39, 0.29) is 28.2 Å². The van der Waals surface area contributed by atoms with Gasteiger partial charge in [0.15, 0.2) is 17.3 Å². The number of carbonyl (C=O) groups excluding carboxylic acids is 1. The fourth-order valence-electron chi connectivity index (χ4n) is 4.14. The van der Waals surface area contributed by atoms with E-state index in [9.17, 15) is 14.7 Å². The van der Waals surface area contributed by atoms with Crippen LogP contribution in [0, 0.1) is 0 Å². The van der Waals surface area contributed by atoms with Crippen LogP contribution in [0.3, 0.4) is 0 Å². The van der Waals surface area contributed by atoms with Crippen molar-refractivity contribution in [1.29, 1.82) is 0 Å². The van der Waals surface area contributed by atoms with Crippen LogP contribution >= 0.6 is 11.3 Å². The number of Topliss-reactive ketones (excluding diaryl/α,β-unsaturated/α-hetero) is 1. The van der Waals surface area contributed by atoms with Crippen LogP contribution in [0.2, 0.25) is 0 Å². The molecule has 0 spiro atoms. The zero-order valence-electron chi connectivity index (χ0n) is 17.8. The number of anilines is 1. The van der Waals surface area contributed by atoms with E-state index < -0.39 is 5.56 Å². The summed E-state index contributed by atoms with van der Waals surface area (Å²) in [4.78, 5) is 29.0. The second-order valence-electron chi connectivity index (χ2n) is 8.39. The summed E-state index contributed by atoms with van der Waals surface area (Å²) in [5.74, 6) is 0.165. The zero-order chi connectivity index (χ0) is 22.5. The second-order valence-corrected chi connectivity index (χ2v) is 9.41. The minimum absolute atomic E-state index is 0.0122. The number of aromatic hydroxyl groups is 1. The highest BCUT2D eigenvalue weighted by atomic mass is 32.1. The number of nitrogens with two attached hydrogens (primary N) is 1.